The zero-order valence-electron chi connectivity index (χ0n) is 15.8. The first-order valence-electron chi connectivity index (χ1n) is 9.75. The molecule has 144 valence electrons. The van der Waals surface area contributed by atoms with Crippen molar-refractivity contribution < 1.29 is 23.5 Å². The van der Waals surface area contributed by atoms with Gasteiger partial charge in [0.25, 0.3) is 0 Å². The second-order valence-electron chi connectivity index (χ2n) is 7.34. The lowest BCUT2D eigenvalue weighted by molar-refractivity contribution is 0.0555. The highest BCUT2D eigenvalue weighted by Crippen LogP contribution is 2.41. The largest absolute Gasteiger partial charge is 0.465 e. The molecule has 26 heavy (non-hydrogen) atoms. The van der Waals surface area contributed by atoms with Crippen LogP contribution in [0.3, 0.4) is 0 Å². The molecular formula is C20H29NO5. The Morgan fingerprint density at radius 1 is 0.846 bits per heavy atom. The number of rotatable bonds is 5. The molecule has 6 heteroatoms. The van der Waals surface area contributed by atoms with Gasteiger partial charge in [-0.3, -0.25) is 0 Å². The minimum absolute atomic E-state index is 0.142. The summed E-state index contributed by atoms with van der Waals surface area (Å²) in [6.45, 7) is 0. The van der Waals surface area contributed by atoms with Gasteiger partial charge < -0.3 is 19.2 Å². The Bertz CT molecular complexity index is 639. The minimum Gasteiger partial charge on any atom is -0.465 e. The van der Waals surface area contributed by atoms with Crippen molar-refractivity contribution in [2.75, 3.05) is 19.5 Å². The van der Waals surface area contributed by atoms with Gasteiger partial charge in [-0.05, 0) is 25.7 Å². The molecule has 2 saturated carbocycles. The van der Waals surface area contributed by atoms with Gasteiger partial charge in [0.15, 0.2) is 0 Å². The molecular weight excluding hydrogens is 334 g/mol. The smallest absolute Gasteiger partial charge is 0.344 e. The van der Waals surface area contributed by atoms with E-state index in [0.717, 1.165) is 51.4 Å². The van der Waals surface area contributed by atoms with Gasteiger partial charge in [-0.25, -0.2) is 9.59 Å². The summed E-state index contributed by atoms with van der Waals surface area (Å²) < 4.78 is 16.0. The third-order valence-corrected chi connectivity index (χ3v) is 5.63. The number of ether oxygens (including phenoxy) is 2. The van der Waals surface area contributed by atoms with Crippen LogP contribution in [0.2, 0.25) is 0 Å². The lowest BCUT2D eigenvalue weighted by Gasteiger charge is -2.23. The summed E-state index contributed by atoms with van der Waals surface area (Å²) >= 11 is 0. The molecule has 1 heterocycles. The molecule has 2 fully saturated rings. The molecule has 0 aliphatic heterocycles. The highest BCUT2D eigenvalue weighted by molar-refractivity contribution is 6.07. The van der Waals surface area contributed by atoms with Crippen molar-refractivity contribution in [1.82, 2.24) is 0 Å². The lowest BCUT2D eigenvalue weighted by Crippen LogP contribution is -2.23. The molecule has 0 unspecified atom stereocenters. The van der Waals surface area contributed by atoms with Crippen molar-refractivity contribution in [1.29, 1.82) is 0 Å². The highest BCUT2D eigenvalue weighted by atomic mass is 16.5. The van der Waals surface area contributed by atoms with Crippen LogP contribution >= 0.6 is 0 Å². The number of esters is 2. The van der Waals surface area contributed by atoms with Gasteiger partial charge in [0.1, 0.15) is 16.9 Å². The van der Waals surface area contributed by atoms with E-state index in [9.17, 15) is 9.59 Å². The zero-order valence-corrected chi connectivity index (χ0v) is 15.8. The van der Waals surface area contributed by atoms with Crippen LogP contribution in [0.5, 0.6) is 0 Å². The van der Waals surface area contributed by atoms with Crippen molar-refractivity contribution in [3.63, 3.8) is 0 Å². The molecule has 2 aliphatic rings. The van der Waals surface area contributed by atoms with Gasteiger partial charge >= 0.3 is 11.9 Å². The number of carbonyl (C=O) groups is 2. The van der Waals surface area contributed by atoms with E-state index in [-0.39, 0.29) is 23.1 Å². The molecule has 1 N–H and O–H groups in total. The summed E-state index contributed by atoms with van der Waals surface area (Å²) in [4.78, 5) is 25.0. The number of hydrogen-bond acceptors (Lipinski definition) is 6. The third-order valence-electron chi connectivity index (χ3n) is 5.63. The fourth-order valence-electron chi connectivity index (χ4n) is 4.24. The first-order valence-corrected chi connectivity index (χ1v) is 9.75. The molecule has 2 aliphatic carbocycles. The Morgan fingerprint density at radius 2 is 1.38 bits per heavy atom. The standard InChI is InChI=1S/C20H29NO5/c1-24-19(22)15-16(20(23)25-2)18(21-14-11-7-4-8-12-14)26-17(15)13-9-5-3-6-10-13/h13-14,21H,3-12H2,1-2H3. The number of hydrogen-bond donors (Lipinski definition) is 1. The molecule has 0 aromatic carbocycles. The van der Waals surface area contributed by atoms with E-state index in [1.54, 1.807) is 0 Å². The van der Waals surface area contributed by atoms with E-state index in [2.05, 4.69) is 5.32 Å². The highest BCUT2D eigenvalue weighted by Gasteiger charge is 2.36. The molecule has 6 nitrogen and oxygen atoms in total. The number of nitrogens with one attached hydrogen (secondary N) is 1. The summed E-state index contributed by atoms with van der Waals surface area (Å²) in [5.74, 6) is -0.0101. The summed E-state index contributed by atoms with van der Waals surface area (Å²) in [7, 11) is 2.65. The molecule has 0 atom stereocenters. The average Bonchev–Trinajstić information content (AvgIpc) is 3.07. The Kier molecular flexibility index (Phi) is 6.22. The molecule has 0 spiro atoms. The first kappa shape index (κ1) is 18.8. The maximum Gasteiger partial charge on any atom is 0.344 e. The van der Waals surface area contributed by atoms with E-state index in [4.69, 9.17) is 13.9 Å². The van der Waals surface area contributed by atoms with Gasteiger partial charge in [-0.15, -0.1) is 0 Å². The first-order chi connectivity index (χ1) is 12.7. The van der Waals surface area contributed by atoms with E-state index in [1.165, 1.54) is 27.1 Å². The molecule has 3 rings (SSSR count). The van der Waals surface area contributed by atoms with Crippen molar-refractivity contribution >= 4 is 17.8 Å². The molecule has 1 aromatic heterocycles. The van der Waals surface area contributed by atoms with Crippen LogP contribution in [0.1, 0.15) is 96.6 Å². The van der Waals surface area contributed by atoms with Gasteiger partial charge in [-0.2, -0.15) is 0 Å². The van der Waals surface area contributed by atoms with E-state index < -0.39 is 11.9 Å². The van der Waals surface area contributed by atoms with Crippen LogP contribution in [-0.2, 0) is 9.47 Å². The van der Waals surface area contributed by atoms with Crippen LogP contribution in [0.15, 0.2) is 4.42 Å². The van der Waals surface area contributed by atoms with Gasteiger partial charge in [0.05, 0.1) is 14.2 Å². The topological polar surface area (TPSA) is 77.8 Å². The zero-order chi connectivity index (χ0) is 18.5. The van der Waals surface area contributed by atoms with Gasteiger partial charge in [0.2, 0.25) is 5.88 Å². The van der Waals surface area contributed by atoms with Crippen LogP contribution in [0, 0.1) is 0 Å². The van der Waals surface area contributed by atoms with Gasteiger partial charge in [0, 0.05) is 12.0 Å². The maximum absolute atomic E-state index is 12.5. The Hall–Kier alpha value is -1.98. The van der Waals surface area contributed by atoms with Crippen LogP contribution in [0.4, 0.5) is 5.88 Å². The Labute approximate surface area is 154 Å². The van der Waals surface area contributed by atoms with Crippen LogP contribution < -0.4 is 5.32 Å². The predicted molar refractivity (Wildman–Crippen MR) is 97.7 cm³/mol. The molecule has 0 amide bonds. The SMILES string of the molecule is COC(=O)c1c(NC2CCCCC2)oc(C2CCCCC2)c1C(=O)OC. The summed E-state index contributed by atoms with van der Waals surface area (Å²) in [5.41, 5.74) is 0.426. The van der Waals surface area contributed by atoms with Gasteiger partial charge in [-0.1, -0.05) is 38.5 Å². The number of methoxy groups -OCH3 is 2. The predicted octanol–water partition coefficient (Wildman–Crippen LogP) is 4.65. The number of anilines is 1. The van der Waals surface area contributed by atoms with Crippen LogP contribution in [0.25, 0.3) is 0 Å². The lowest BCUT2D eigenvalue weighted by atomic mass is 9.85. The van der Waals surface area contributed by atoms with E-state index >= 15 is 0 Å². The second kappa shape index (κ2) is 8.60. The van der Waals surface area contributed by atoms with Crippen molar-refractivity contribution in [3.8, 4) is 0 Å². The van der Waals surface area contributed by atoms with Crippen molar-refractivity contribution in [2.45, 2.75) is 76.2 Å². The number of carbonyl (C=O) groups excluding carboxylic acids is 2. The number of furan rings is 1. The van der Waals surface area contributed by atoms with E-state index in [0.29, 0.717) is 11.6 Å². The van der Waals surface area contributed by atoms with Crippen molar-refractivity contribution in [2.24, 2.45) is 0 Å². The molecule has 0 radical (unpaired) electrons. The van der Waals surface area contributed by atoms with Crippen LogP contribution in [-0.4, -0.2) is 32.2 Å². The summed E-state index contributed by atoms with van der Waals surface area (Å²) in [6.07, 6.45) is 10.9. The van der Waals surface area contributed by atoms with Crippen molar-refractivity contribution in [3.05, 3.63) is 16.9 Å². The minimum atomic E-state index is -0.561. The summed E-state index contributed by atoms with van der Waals surface area (Å²) in [6, 6.07) is 0.253. The monoisotopic (exact) mass is 363 g/mol. The average molecular weight is 363 g/mol. The Balaban J connectivity index is 2.01. The van der Waals surface area contributed by atoms with E-state index in [1.807, 2.05) is 0 Å². The molecule has 0 bridgehead atoms. The fraction of sp³-hybridized carbons (Fsp3) is 0.700. The quantitative estimate of drug-likeness (QED) is 0.768. The molecule has 1 aromatic rings. The maximum atomic E-state index is 12.5. The summed E-state index contributed by atoms with van der Waals surface area (Å²) in [5, 5.41) is 3.37. The molecule has 0 saturated heterocycles. The fourth-order valence-corrected chi connectivity index (χ4v) is 4.24. The second-order valence-corrected chi connectivity index (χ2v) is 7.34. The Morgan fingerprint density at radius 3 is 1.96 bits per heavy atom. The third kappa shape index (κ3) is 3.89. The normalized spacial score (nSPS) is 19.2.